The van der Waals surface area contributed by atoms with Crippen molar-refractivity contribution < 1.29 is 8.78 Å². The van der Waals surface area contributed by atoms with Crippen LogP contribution in [0.5, 0.6) is 0 Å². The van der Waals surface area contributed by atoms with Crippen molar-refractivity contribution in [3.8, 4) is 0 Å². The van der Waals surface area contributed by atoms with E-state index in [4.69, 9.17) is 0 Å². The van der Waals surface area contributed by atoms with E-state index < -0.39 is 5.92 Å². The van der Waals surface area contributed by atoms with E-state index in [-0.39, 0.29) is 13.0 Å². The van der Waals surface area contributed by atoms with Crippen LogP contribution in [0.25, 0.3) is 0 Å². The predicted octanol–water partition coefficient (Wildman–Crippen LogP) is 2.69. The number of hydrogen-bond donors (Lipinski definition) is 0. The minimum absolute atomic E-state index is 0.0152. The van der Waals surface area contributed by atoms with Crippen LogP contribution in [0.2, 0.25) is 0 Å². The smallest absolute Gasteiger partial charge is 0.265 e. The summed E-state index contributed by atoms with van der Waals surface area (Å²) in [6.45, 7) is 2.45. The molecule has 0 aromatic carbocycles. The maximum absolute atomic E-state index is 13.1. The molecule has 0 aliphatic carbocycles. The predicted molar refractivity (Wildman–Crippen MR) is 53.2 cm³/mol. The first-order chi connectivity index (χ1) is 6.57. The van der Waals surface area contributed by atoms with E-state index in [2.05, 4.69) is 4.98 Å². The second kappa shape index (κ2) is 3.46. The summed E-state index contributed by atoms with van der Waals surface area (Å²) >= 11 is 1.48. The van der Waals surface area contributed by atoms with Gasteiger partial charge >= 0.3 is 0 Å². The molecule has 0 atom stereocenters. The second-order valence-electron chi connectivity index (χ2n) is 3.60. The van der Waals surface area contributed by atoms with Gasteiger partial charge in [-0.2, -0.15) is 0 Å². The van der Waals surface area contributed by atoms with Crippen molar-refractivity contribution >= 4 is 16.3 Å². The van der Waals surface area contributed by atoms with Crippen LogP contribution in [0.15, 0.2) is 6.20 Å². The molecule has 0 radical (unpaired) electrons. The fraction of sp³-hybridized carbons (Fsp3) is 0.667. The summed E-state index contributed by atoms with van der Waals surface area (Å²) in [6, 6.07) is 0. The first-order valence-electron chi connectivity index (χ1n) is 4.62. The lowest BCUT2D eigenvalue weighted by Gasteiger charge is -2.32. The number of nitrogens with zero attached hydrogens (tertiary/aromatic N) is 2. The lowest BCUT2D eigenvalue weighted by molar-refractivity contribution is -0.0115. The molecular formula is C9H12F2N2S. The largest absolute Gasteiger partial charge is 0.356 e. The van der Waals surface area contributed by atoms with Crippen molar-refractivity contribution in [1.82, 2.24) is 4.98 Å². The summed E-state index contributed by atoms with van der Waals surface area (Å²) in [5.74, 6) is -2.53. The summed E-state index contributed by atoms with van der Waals surface area (Å²) in [4.78, 5) is 5.80. The zero-order chi connectivity index (χ0) is 10.2. The molecule has 1 saturated heterocycles. The molecule has 0 amide bonds. The van der Waals surface area contributed by atoms with Crippen LogP contribution in [-0.2, 0) is 0 Å². The molecule has 1 aliphatic rings. The average molecular weight is 218 g/mol. The van der Waals surface area contributed by atoms with Gasteiger partial charge in [0.1, 0.15) is 5.00 Å². The van der Waals surface area contributed by atoms with E-state index in [9.17, 15) is 8.78 Å². The van der Waals surface area contributed by atoms with Gasteiger partial charge in [-0.3, -0.25) is 0 Å². The van der Waals surface area contributed by atoms with Gasteiger partial charge in [0.2, 0.25) is 0 Å². The first kappa shape index (κ1) is 9.83. The van der Waals surface area contributed by atoms with Crippen LogP contribution in [-0.4, -0.2) is 24.0 Å². The molecule has 1 fully saturated rings. The van der Waals surface area contributed by atoms with Crippen molar-refractivity contribution in [3.05, 3.63) is 11.2 Å². The van der Waals surface area contributed by atoms with Crippen molar-refractivity contribution in [2.45, 2.75) is 25.7 Å². The van der Waals surface area contributed by atoms with Crippen LogP contribution in [0.3, 0.4) is 0 Å². The Morgan fingerprint density at radius 2 is 2.36 bits per heavy atom. The van der Waals surface area contributed by atoms with Gasteiger partial charge in [-0.1, -0.05) is 0 Å². The second-order valence-corrected chi connectivity index (χ2v) is 4.81. The number of alkyl halides is 2. The molecule has 78 valence electrons. The molecule has 0 saturated carbocycles. The molecule has 5 heteroatoms. The third kappa shape index (κ3) is 2.03. The Kier molecular flexibility index (Phi) is 2.43. The minimum Gasteiger partial charge on any atom is -0.356 e. The quantitative estimate of drug-likeness (QED) is 0.720. The lowest BCUT2D eigenvalue weighted by atomic mass is 10.1. The fourth-order valence-corrected chi connectivity index (χ4v) is 2.45. The summed E-state index contributed by atoms with van der Waals surface area (Å²) in [5, 5.41) is 1.79. The summed E-state index contributed by atoms with van der Waals surface area (Å²) in [6.07, 6.45) is 2.26. The van der Waals surface area contributed by atoms with Crippen molar-refractivity contribution in [2.24, 2.45) is 0 Å². The third-order valence-corrected chi connectivity index (χ3v) is 3.29. The molecule has 2 rings (SSSR count). The Hall–Kier alpha value is -0.710. The van der Waals surface area contributed by atoms with Gasteiger partial charge in [-0.05, 0) is 13.3 Å². The van der Waals surface area contributed by atoms with E-state index in [1.807, 2.05) is 6.92 Å². The molecular weight excluding hydrogens is 206 g/mol. The highest BCUT2D eigenvalue weighted by molar-refractivity contribution is 7.15. The summed E-state index contributed by atoms with van der Waals surface area (Å²) < 4.78 is 26.2. The Labute approximate surface area is 85.6 Å². The zero-order valence-corrected chi connectivity index (χ0v) is 8.78. The van der Waals surface area contributed by atoms with E-state index in [1.165, 1.54) is 11.3 Å². The Bertz CT molecular complexity index is 324. The minimum atomic E-state index is -2.53. The maximum Gasteiger partial charge on any atom is 0.265 e. The van der Waals surface area contributed by atoms with Gasteiger partial charge in [0.15, 0.2) is 0 Å². The van der Waals surface area contributed by atoms with Crippen LogP contribution >= 0.6 is 11.3 Å². The monoisotopic (exact) mass is 218 g/mol. The highest BCUT2D eigenvalue weighted by Gasteiger charge is 2.35. The van der Waals surface area contributed by atoms with Crippen LogP contribution in [0.1, 0.15) is 17.8 Å². The number of aryl methyl sites for hydroxylation is 1. The Morgan fingerprint density at radius 3 is 2.93 bits per heavy atom. The molecule has 1 aromatic heterocycles. The number of halogens is 2. The molecule has 1 aromatic rings. The third-order valence-electron chi connectivity index (χ3n) is 2.31. The molecule has 0 N–H and O–H groups in total. The lowest BCUT2D eigenvalue weighted by Crippen LogP contribution is -2.42. The van der Waals surface area contributed by atoms with Crippen LogP contribution in [0, 0.1) is 6.92 Å². The number of rotatable bonds is 1. The average Bonchev–Trinajstić information content (AvgIpc) is 2.50. The van der Waals surface area contributed by atoms with E-state index in [1.54, 1.807) is 11.1 Å². The van der Waals surface area contributed by atoms with Crippen LogP contribution < -0.4 is 4.90 Å². The highest BCUT2D eigenvalue weighted by Crippen LogP contribution is 2.32. The van der Waals surface area contributed by atoms with Gasteiger partial charge in [0, 0.05) is 13.0 Å². The van der Waals surface area contributed by atoms with Crippen molar-refractivity contribution in [1.29, 1.82) is 0 Å². The van der Waals surface area contributed by atoms with Crippen LogP contribution in [0.4, 0.5) is 13.8 Å². The topological polar surface area (TPSA) is 16.1 Å². The molecule has 1 aliphatic heterocycles. The normalized spacial score (nSPS) is 21.2. The number of thiazole rings is 1. The van der Waals surface area contributed by atoms with E-state index in [0.717, 1.165) is 16.6 Å². The molecule has 2 nitrogen and oxygen atoms in total. The molecule has 14 heavy (non-hydrogen) atoms. The standard InChI is InChI=1S/C9H12F2N2S/c1-7-12-5-8(14-7)13-4-2-3-9(10,11)6-13/h5H,2-4,6H2,1H3. The van der Waals surface area contributed by atoms with Gasteiger partial charge in [-0.15, -0.1) is 11.3 Å². The van der Waals surface area contributed by atoms with Crippen molar-refractivity contribution in [2.75, 3.05) is 18.0 Å². The number of hydrogen-bond acceptors (Lipinski definition) is 3. The van der Waals surface area contributed by atoms with Gasteiger partial charge in [-0.25, -0.2) is 13.8 Å². The maximum atomic E-state index is 13.1. The Morgan fingerprint density at radius 1 is 1.57 bits per heavy atom. The fourth-order valence-electron chi connectivity index (χ4n) is 1.65. The van der Waals surface area contributed by atoms with E-state index >= 15 is 0 Å². The number of aromatic nitrogens is 1. The van der Waals surface area contributed by atoms with E-state index in [0.29, 0.717) is 6.42 Å². The Balaban J connectivity index is 2.12. The number of anilines is 1. The molecule has 0 bridgehead atoms. The molecule has 2 heterocycles. The summed E-state index contributed by atoms with van der Waals surface area (Å²) in [5.41, 5.74) is 0. The first-order valence-corrected chi connectivity index (χ1v) is 5.44. The highest BCUT2D eigenvalue weighted by atomic mass is 32.1. The number of piperidine rings is 1. The molecule has 0 spiro atoms. The summed E-state index contributed by atoms with van der Waals surface area (Å²) in [7, 11) is 0. The van der Waals surface area contributed by atoms with Gasteiger partial charge in [0.05, 0.1) is 17.7 Å². The van der Waals surface area contributed by atoms with Crippen molar-refractivity contribution in [3.63, 3.8) is 0 Å². The molecule has 0 unspecified atom stereocenters. The van der Waals surface area contributed by atoms with Gasteiger partial charge < -0.3 is 4.90 Å². The SMILES string of the molecule is Cc1ncc(N2CCCC(F)(F)C2)s1. The zero-order valence-electron chi connectivity index (χ0n) is 7.96. The van der Waals surface area contributed by atoms with Gasteiger partial charge in [0.25, 0.3) is 5.92 Å².